The first-order chi connectivity index (χ1) is 8.80. The van der Waals surface area contributed by atoms with Crippen LogP contribution in [-0.4, -0.2) is 12.1 Å². The van der Waals surface area contributed by atoms with Crippen LogP contribution in [0.15, 0.2) is 12.1 Å². The lowest BCUT2D eigenvalue weighted by atomic mass is 9.66. The second-order valence-electron chi connectivity index (χ2n) is 6.71. The van der Waals surface area contributed by atoms with Crippen LogP contribution in [0.4, 0.5) is 0 Å². The van der Waals surface area contributed by atoms with Gasteiger partial charge in [-0.25, -0.2) is 0 Å². The number of nitrogens with zero attached hydrogens (tertiary/aromatic N) is 1. The van der Waals surface area contributed by atoms with E-state index in [2.05, 4.69) is 58.1 Å². The third-order valence-corrected chi connectivity index (χ3v) is 4.27. The Morgan fingerprint density at radius 1 is 1.16 bits per heavy atom. The van der Waals surface area contributed by atoms with E-state index in [0.29, 0.717) is 0 Å². The molecule has 2 heteroatoms. The fraction of sp³-hybridized carbons (Fsp3) is 0.588. The summed E-state index contributed by atoms with van der Waals surface area (Å²) < 4.78 is 0. The fourth-order valence-corrected chi connectivity index (χ4v) is 3.82. The Morgan fingerprint density at radius 2 is 1.74 bits per heavy atom. The van der Waals surface area contributed by atoms with E-state index in [1.807, 2.05) is 0 Å². The third-order valence-electron chi connectivity index (χ3n) is 4.27. The standard InChI is InChI=1S/C17H24N2/c1-12-8-13(2)15(14(3)9-12)17(11-18)6-7-19-16(4,5)10-17/h8-9,19H,6-7,10H2,1-5H3. The SMILES string of the molecule is Cc1cc(C)c(C2(C#N)CCNC(C)(C)C2)c(C)c1. The number of nitrogens with one attached hydrogen (secondary N) is 1. The number of hydrogen-bond acceptors (Lipinski definition) is 2. The maximum absolute atomic E-state index is 9.87. The molecule has 0 radical (unpaired) electrons. The molecule has 2 rings (SSSR count). The molecule has 1 aromatic rings. The Hall–Kier alpha value is -1.33. The first-order valence-electron chi connectivity index (χ1n) is 7.04. The second-order valence-corrected chi connectivity index (χ2v) is 6.71. The van der Waals surface area contributed by atoms with Crippen LogP contribution in [-0.2, 0) is 5.41 Å². The molecule has 1 atom stereocenters. The number of hydrogen-bond donors (Lipinski definition) is 1. The summed E-state index contributed by atoms with van der Waals surface area (Å²) in [6.07, 6.45) is 1.78. The monoisotopic (exact) mass is 256 g/mol. The highest BCUT2D eigenvalue weighted by atomic mass is 15.0. The zero-order valence-corrected chi connectivity index (χ0v) is 12.7. The normalized spacial score (nSPS) is 25.9. The maximum atomic E-state index is 9.87. The highest BCUT2D eigenvalue weighted by Crippen LogP contribution is 2.41. The van der Waals surface area contributed by atoms with Gasteiger partial charge in [-0.1, -0.05) is 17.7 Å². The molecule has 0 aromatic heterocycles. The lowest BCUT2D eigenvalue weighted by Crippen LogP contribution is -2.52. The Morgan fingerprint density at radius 3 is 2.21 bits per heavy atom. The van der Waals surface area contributed by atoms with E-state index in [0.717, 1.165) is 19.4 Å². The summed E-state index contributed by atoms with van der Waals surface area (Å²) in [5.41, 5.74) is 4.75. The van der Waals surface area contributed by atoms with Gasteiger partial charge < -0.3 is 5.32 Å². The molecule has 1 N–H and O–H groups in total. The smallest absolute Gasteiger partial charge is 0.0856 e. The zero-order chi connectivity index (χ0) is 14.3. The van der Waals surface area contributed by atoms with E-state index in [9.17, 15) is 5.26 Å². The summed E-state index contributed by atoms with van der Waals surface area (Å²) in [7, 11) is 0. The molecular weight excluding hydrogens is 232 g/mol. The average molecular weight is 256 g/mol. The van der Waals surface area contributed by atoms with Crippen LogP contribution in [0.3, 0.4) is 0 Å². The molecule has 1 aliphatic heterocycles. The van der Waals surface area contributed by atoms with Gasteiger partial charge in [0.25, 0.3) is 0 Å². The van der Waals surface area contributed by atoms with E-state index in [1.165, 1.54) is 22.3 Å². The molecule has 1 saturated heterocycles. The lowest BCUT2D eigenvalue weighted by Gasteiger charge is -2.43. The summed E-state index contributed by atoms with van der Waals surface area (Å²) in [6.45, 7) is 11.7. The zero-order valence-electron chi connectivity index (χ0n) is 12.7. The predicted molar refractivity (Wildman–Crippen MR) is 79.3 cm³/mol. The van der Waals surface area contributed by atoms with Crippen LogP contribution < -0.4 is 5.32 Å². The van der Waals surface area contributed by atoms with Crippen molar-refractivity contribution in [3.63, 3.8) is 0 Å². The van der Waals surface area contributed by atoms with Crippen LogP contribution in [0.5, 0.6) is 0 Å². The minimum absolute atomic E-state index is 0.0255. The van der Waals surface area contributed by atoms with Gasteiger partial charge in [-0.15, -0.1) is 0 Å². The quantitative estimate of drug-likeness (QED) is 0.834. The molecule has 2 nitrogen and oxygen atoms in total. The molecule has 1 fully saturated rings. The lowest BCUT2D eigenvalue weighted by molar-refractivity contribution is 0.232. The molecule has 0 bridgehead atoms. The highest BCUT2D eigenvalue weighted by molar-refractivity contribution is 5.47. The minimum atomic E-state index is -0.337. The molecule has 0 aliphatic carbocycles. The summed E-state index contributed by atoms with van der Waals surface area (Å²) >= 11 is 0. The largest absolute Gasteiger partial charge is 0.312 e. The summed E-state index contributed by atoms with van der Waals surface area (Å²) in [5.74, 6) is 0. The van der Waals surface area contributed by atoms with Gasteiger partial charge >= 0.3 is 0 Å². The molecule has 0 saturated carbocycles. The van der Waals surface area contributed by atoms with Crippen LogP contribution in [0.2, 0.25) is 0 Å². The van der Waals surface area contributed by atoms with Gasteiger partial charge in [-0.05, 0) is 70.7 Å². The third kappa shape index (κ3) is 2.53. The Labute approximate surface area is 116 Å². The van der Waals surface area contributed by atoms with Crippen LogP contribution in [0.25, 0.3) is 0 Å². The van der Waals surface area contributed by atoms with Crippen molar-refractivity contribution in [1.82, 2.24) is 5.32 Å². The van der Waals surface area contributed by atoms with Gasteiger partial charge in [0.05, 0.1) is 11.5 Å². The number of benzene rings is 1. The summed E-state index contributed by atoms with van der Waals surface area (Å²) in [5, 5.41) is 13.4. The van der Waals surface area contributed by atoms with Gasteiger partial charge in [-0.2, -0.15) is 5.26 Å². The molecule has 0 amide bonds. The minimum Gasteiger partial charge on any atom is -0.312 e. The fourth-order valence-electron chi connectivity index (χ4n) is 3.82. The Bertz CT molecular complexity index is 514. The molecule has 1 aromatic carbocycles. The van der Waals surface area contributed by atoms with Crippen molar-refractivity contribution in [2.45, 2.75) is 58.4 Å². The first kappa shape index (κ1) is 14.1. The maximum Gasteiger partial charge on any atom is 0.0856 e. The van der Waals surface area contributed by atoms with Crippen molar-refractivity contribution in [3.8, 4) is 6.07 Å². The number of nitriles is 1. The molecule has 1 aliphatic rings. The first-order valence-corrected chi connectivity index (χ1v) is 7.04. The molecule has 0 spiro atoms. The molecule has 1 heterocycles. The van der Waals surface area contributed by atoms with Crippen molar-refractivity contribution in [2.75, 3.05) is 6.54 Å². The van der Waals surface area contributed by atoms with Crippen LogP contribution >= 0.6 is 0 Å². The molecule has 1 unspecified atom stereocenters. The van der Waals surface area contributed by atoms with E-state index >= 15 is 0 Å². The van der Waals surface area contributed by atoms with Crippen molar-refractivity contribution < 1.29 is 0 Å². The second kappa shape index (κ2) is 4.65. The van der Waals surface area contributed by atoms with E-state index in [1.54, 1.807) is 0 Å². The van der Waals surface area contributed by atoms with E-state index < -0.39 is 0 Å². The van der Waals surface area contributed by atoms with Crippen molar-refractivity contribution in [2.24, 2.45) is 0 Å². The van der Waals surface area contributed by atoms with Gasteiger partial charge in [0.1, 0.15) is 0 Å². The highest BCUT2D eigenvalue weighted by Gasteiger charge is 2.43. The van der Waals surface area contributed by atoms with E-state index in [4.69, 9.17) is 0 Å². The van der Waals surface area contributed by atoms with Crippen molar-refractivity contribution >= 4 is 0 Å². The Balaban J connectivity index is 2.57. The van der Waals surface area contributed by atoms with Crippen molar-refractivity contribution in [3.05, 3.63) is 34.4 Å². The van der Waals surface area contributed by atoms with Gasteiger partial charge in [0.2, 0.25) is 0 Å². The van der Waals surface area contributed by atoms with E-state index in [-0.39, 0.29) is 11.0 Å². The molecular formula is C17H24N2. The van der Waals surface area contributed by atoms with Gasteiger partial charge in [0, 0.05) is 5.54 Å². The van der Waals surface area contributed by atoms with Crippen LogP contribution in [0, 0.1) is 32.1 Å². The number of piperidine rings is 1. The summed E-state index contributed by atoms with van der Waals surface area (Å²) in [6, 6.07) is 7.06. The van der Waals surface area contributed by atoms with Crippen molar-refractivity contribution in [1.29, 1.82) is 5.26 Å². The number of aryl methyl sites for hydroxylation is 3. The average Bonchev–Trinajstić information content (AvgIpc) is 2.26. The summed E-state index contributed by atoms with van der Waals surface area (Å²) in [4.78, 5) is 0. The van der Waals surface area contributed by atoms with Gasteiger partial charge in [0.15, 0.2) is 0 Å². The molecule has 102 valence electrons. The topological polar surface area (TPSA) is 35.8 Å². The van der Waals surface area contributed by atoms with Gasteiger partial charge in [-0.3, -0.25) is 0 Å². The predicted octanol–water partition coefficient (Wildman–Crippen LogP) is 3.54. The van der Waals surface area contributed by atoms with Crippen LogP contribution in [0.1, 0.15) is 48.9 Å². The number of rotatable bonds is 1. The molecule has 19 heavy (non-hydrogen) atoms. The Kier molecular flexibility index (Phi) is 3.45.